The lowest BCUT2D eigenvalue weighted by Crippen LogP contribution is -2.29. The molecule has 2 saturated carbocycles. The van der Waals surface area contributed by atoms with E-state index in [1.165, 1.54) is 51.4 Å². The zero-order valence-electron chi connectivity index (χ0n) is 11.1. The first-order valence-corrected chi connectivity index (χ1v) is 8.08. The average molecular weight is 238 g/mol. The van der Waals surface area contributed by atoms with Crippen molar-refractivity contribution in [3.63, 3.8) is 0 Å². The highest BCUT2D eigenvalue weighted by atomic mass is 14.5. The summed E-state index contributed by atoms with van der Waals surface area (Å²) in [6, 6.07) is 5.07. The van der Waals surface area contributed by atoms with E-state index in [0.29, 0.717) is 0 Å². The minimum atomic E-state index is 0.927. The highest BCUT2D eigenvalue weighted by Crippen LogP contribution is 2.57. The number of benzene rings is 1. The maximum Gasteiger partial charge on any atom is -0.0156 e. The van der Waals surface area contributed by atoms with Crippen molar-refractivity contribution >= 4 is 0 Å². The molecule has 0 saturated heterocycles. The fraction of sp³-hybridized carbons (Fsp3) is 0.667. The van der Waals surface area contributed by atoms with Crippen molar-refractivity contribution in [2.24, 2.45) is 0 Å². The van der Waals surface area contributed by atoms with Gasteiger partial charge in [-0.2, -0.15) is 0 Å². The van der Waals surface area contributed by atoms with Crippen LogP contribution in [0.15, 0.2) is 12.1 Å². The SMILES string of the molecule is c1cc2c(c3c1C1CCC3CC1)C1CCC2CC1. The Hall–Kier alpha value is -0.780. The predicted octanol–water partition coefficient (Wildman–Crippen LogP) is 5.20. The first-order chi connectivity index (χ1) is 8.92. The molecule has 2 fully saturated rings. The molecule has 0 heteroatoms. The van der Waals surface area contributed by atoms with Gasteiger partial charge in [0, 0.05) is 0 Å². The zero-order chi connectivity index (χ0) is 11.7. The largest absolute Gasteiger partial charge is 0.0582 e. The lowest BCUT2D eigenvalue weighted by atomic mass is 9.59. The van der Waals surface area contributed by atoms with Gasteiger partial charge < -0.3 is 0 Å². The number of hydrogen-bond acceptors (Lipinski definition) is 0. The lowest BCUT2D eigenvalue weighted by Gasteiger charge is -2.46. The molecule has 18 heavy (non-hydrogen) atoms. The van der Waals surface area contributed by atoms with Gasteiger partial charge in [0.15, 0.2) is 0 Å². The molecule has 0 aromatic heterocycles. The summed E-state index contributed by atoms with van der Waals surface area (Å²) in [4.78, 5) is 0. The number of hydrogen-bond donors (Lipinski definition) is 0. The van der Waals surface area contributed by atoms with Gasteiger partial charge in [0.05, 0.1) is 0 Å². The van der Waals surface area contributed by atoms with Crippen LogP contribution in [0.4, 0.5) is 0 Å². The number of fused-ring (bicyclic) bond motifs is 4. The van der Waals surface area contributed by atoms with Crippen molar-refractivity contribution in [1.82, 2.24) is 0 Å². The molecule has 0 amide bonds. The Morgan fingerprint density at radius 3 is 1.22 bits per heavy atom. The topological polar surface area (TPSA) is 0 Å². The van der Waals surface area contributed by atoms with Crippen LogP contribution in [0.1, 0.15) is 97.3 Å². The summed E-state index contributed by atoms with van der Waals surface area (Å²) in [7, 11) is 0. The highest BCUT2D eigenvalue weighted by molar-refractivity contribution is 5.52. The van der Waals surface area contributed by atoms with E-state index in [9.17, 15) is 0 Å². The molecular weight excluding hydrogens is 216 g/mol. The second-order valence-electron chi connectivity index (χ2n) is 7.17. The normalized spacial score (nSPS) is 39.6. The second kappa shape index (κ2) is 3.40. The Morgan fingerprint density at radius 2 is 0.833 bits per heavy atom. The van der Waals surface area contributed by atoms with E-state index < -0.39 is 0 Å². The van der Waals surface area contributed by atoms with Gasteiger partial charge in [-0.3, -0.25) is 0 Å². The average Bonchev–Trinajstić information content (AvgIpc) is 2.49. The monoisotopic (exact) mass is 238 g/mol. The van der Waals surface area contributed by atoms with E-state index in [2.05, 4.69) is 12.1 Å². The van der Waals surface area contributed by atoms with Crippen LogP contribution in [0.2, 0.25) is 0 Å². The van der Waals surface area contributed by atoms with E-state index in [-0.39, 0.29) is 0 Å². The first kappa shape index (κ1) is 10.1. The minimum absolute atomic E-state index is 0.927. The second-order valence-corrected chi connectivity index (χ2v) is 7.17. The van der Waals surface area contributed by atoms with Crippen LogP contribution < -0.4 is 0 Å². The van der Waals surface area contributed by atoms with Gasteiger partial charge in [-0.15, -0.1) is 0 Å². The predicted molar refractivity (Wildman–Crippen MR) is 74.3 cm³/mol. The molecule has 4 bridgehead atoms. The summed E-state index contributed by atoms with van der Waals surface area (Å²) in [6.45, 7) is 0. The lowest BCUT2D eigenvalue weighted by molar-refractivity contribution is 0.326. The molecule has 0 atom stereocenters. The van der Waals surface area contributed by atoms with Crippen LogP contribution in [-0.2, 0) is 0 Å². The van der Waals surface area contributed by atoms with Gasteiger partial charge in [-0.1, -0.05) is 12.1 Å². The van der Waals surface area contributed by atoms with Crippen LogP contribution in [0, 0.1) is 0 Å². The van der Waals surface area contributed by atoms with Crippen molar-refractivity contribution in [2.45, 2.75) is 75.0 Å². The quantitative estimate of drug-likeness (QED) is 0.583. The molecule has 94 valence electrons. The molecule has 7 rings (SSSR count). The third-order valence-electron chi connectivity index (χ3n) is 6.51. The summed E-state index contributed by atoms with van der Waals surface area (Å²) >= 11 is 0. The third-order valence-corrected chi connectivity index (χ3v) is 6.51. The van der Waals surface area contributed by atoms with E-state index in [4.69, 9.17) is 0 Å². The van der Waals surface area contributed by atoms with Crippen LogP contribution in [0.3, 0.4) is 0 Å². The van der Waals surface area contributed by atoms with Crippen LogP contribution in [0.25, 0.3) is 0 Å². The summed E-state index contributed by atoms with van der Waals surface area (Å²) in [5, 5.41) is 0. The van der Waals surface area contributed by atoms with Crippen LogP contribution in [0.5, 0.6) is 0 Å². The van der Waals surface area contributed by atoms with E-state index in [1.54, 1.807) is 11.1 Å². The molecule has 6 aliphatic carbocycles. The van der Waals surface area contributed by atoms with E-state index >= 15 is 0 Å². The summed E-state index contributed by atoms with van der Waals surface area (Å²) < 4.78 is 0. The van der Waals surface area contributed by atoms with Gasteiger partial charge in [-0.25, -0.2) is 0 Å². The Labute approximate surface area is 110 Å². The van der Waals surface area contributed by atoms with Gasteiger partial charge >= 0.3 is 0 Å². The zero-order valence-corrected chi connectivity index (χ0v) is 11.1. The smallest absolute Gasteiger partial charge is 0.0156 e. The van der Waals surface area contributed by atoms with Crippen molar-refractivity contribution in [2.75, 3.05) is 0 Å². The maximum absolute atomic E-state index is 2.53. The Kier molecular flexibility index (Phi) is 1.90. The van der Waals surface area contributed by atoms with Crippen molar-refractivity contribution in [3.8, 4) is 0 Å². The van der Waals surface area contributed by atoms with Gasteiger partial charge in [0.2, 0.25) is 0 Å². The fourth-order valence-corrected chi connectivity index (χ4v) is 5.68. The summed E-state index contributed by atoms with van der Waals surface area (Å²) in [5.41, 5.74) is 7.32. The van der Waals surface area contributed by atoms with E-state index in [0.717, 1.165) is 23.7 Å². The van der Waals surface area contributed by atoms with E-state index in [1.807, 2.05) is 11.1 Å². The number of rotatable bonds is 0. The Bertz CT molecular complexity index is 450. The molecule has 0 radical (unpaired) electrons. The van der Waals surface area contributed by atoms with Crippen molar-refractivity contribution in [1.29, 1.82) is 0 Å². The van der Waals surface area contributed by atoms with Crippen LogP contribution >= 0.6 is 0 Å². The van der Waals surface area contributed by atoms with Gasteiger partial charge in [-0.05, 0) is 97.3 Å². The van der Waals surface area contributed by atoms with Crippen LogP contribution in [-0.4, -0.2) is 0 Å². The molecule has 1 aromatic rings. The Balaban J connectivity index is 1.79. The third kappa shape index (κ3) is 1.13. The standard InChI is InChI=1S/C18H22/c1-5-13-6-2-11(1)15-9-10-16-12-3-7-14(8-4-12)18(16)17(13)15/h9-14H,1-8H2. The molecule has 0 N–H and O–H groups in total. The molecule has 0 aliphatic heterocycles. The molecule has 0 nitrogen and oxygen atoms in total. The van der Waals surface area contributed by atoms with Crippen molar-refractivity contribution in [3.05, 3.63) is 34.4 Å². The Morgan fingerprint density at radius 1 is 0.500 bits per heavy atom. The highest BCUT2D eigenvalue weighted by Gasteiger charge is 2.41. The van der Waals surface area contributed by atoms with Crippen molar-refractivity contribution < 1.29 is 0 Å². The molecule has 0 spiro atoms. The summed E-state index contributed by atoms with van der Waals surface area (Å²) in [5.74, 6) is 3.74. The molecule has 0 heterocycles. The molecule has 0 unspecified atom stereocenters. The maximum atomic E-state index is 2.53. The van der Waals surface area contributed by atoms with Gasteiger partial charge in [0.1, 0.15) is 0 Å². The minimum Gasteiger partial charge on any atom is -0.0582 e. The van der Waals surface area contributed by atoms with Gasteiger partial charge in [0.25, 0.3) is 0 Å². The molecular formula is C18H22. The molecule has 6 aliphatic rings. The summed E-state index contributed by atoms with van der Waals surface area (Å²) in [6.07, 6.45) is 11.9. The fourth-order valence-electron chi connectivity index (χ4n) is 5.68. The first-order valence-electron chi connectivity index (χ1n) is 8.08. The molecule has 1 aromatic carbocycles.